The van der Waals surface area contributed by atoms with Gasteiger partial charge in [-0.05, 0) is 117 Å². The molecule has 0 aliphatic heterocycles. The largest absolute Gasteiger partial charge is 0.493 e. The highest BCUT2D eigenvalue weighted by atomic mass is 16.5. The predicted octanol–water partition coefficient (Wildman–Crippen LogP) is 8.40. The first-order valence-corrected chi connectivity index (χ1v) is 13.2. The maximum atomic E-state index is 6.14. The van der Waals surface area contributed by atoms with Crippen LogP contribution in [0.1, 0.15) is 83.1 Å². The average molecular weight is 421 g/mol. The molecule has 170 valence electrons. The Labute approximate surface area is 191 Å². The van der Waals surface area contributed by atoms with E-state index in [0.717, 1.165) is 60.7 Å². The summed E-state index contributed by atoms with van der Waals surface area (Å²) in [6.45, 7) is 7.13. The Morgan fingerprint density at radius 1 is 0.806 bits per heavy atom. The highest BCUT2D eigenvalue weighted by Crippen LogP contribution is 2.42. The third kappa shape index (κ3) is 6.50. The van der Waals surface area contributed by atoms with Crippen LogP contribution in [0.25, 0.3) is 0 Å². The van der Waals surface area contributed by atoms with E-state index in [2.05, 4.69) is 49.9 Å². The van der Waals surface area contributed by atoms with Crippen molar-refractivity contribution >= 4 is 0 Å². The number of ether oxygens (including phenoxy) is 1. The molecular weight excluding hydrogens is 376 g/mol. The highest BCUT2D eigenvalue weighted by molar-refractivity contribution is 5.27. The molecule has 1 aromatic carbocycles. The first-order valence-electron chi connectivity index (χ1n) is 13.2. The molecular formula is C30H44O. The topological polar surface area (TPSA) is 9.23 Å². The van der Waals surface area contributed by atoms with Gasteiger partial charge in [-0.2, -0.15) is 0 Å². The molecule has 0 heterocycles. The molecule has 0 amide bonds. The van der Waals surface area contributed by atoms with Crippen LogP contribution in [0, 0.1) is 35.5 Å². The van der Waals surface area contributed by atoms with E-state index in [0.29, 0.717) is 0 Å². The second-order valence-corrected chi connectivity index (χ2v) is 10.9. The molecule has 3 aliphatic carbocycles. The number of aryl methyl sites for hydroxylation is 1. The first kappa shape index (κ1) is 22.7. The molecule has 1 heteroatoms. The Bertz CT molecular complexity index is 686. The Hall–Kier alpha value is -1.50. The standard InChI is InChI=1S/C30H44O/c1-3-4-5-24-10-20-30(21-11-24)31-22-25-8-14-27(15-9-25)29-18-16-28(17-19-29)26-12-6-23(2)7-13-26/h3,10-11,16,18,20-21,23,25-29H,1,4-9,12-15,17,19,22H2,2H3. The van der Waals surface area contributed by atoms with Crippen molar-refractivity contribution in [3.05, 3.63) is 54.6 Å². The van der Waals surface area contributed by atoms with Gasteiger partial charge >= 0.3 is 0 Å². The molecule has 0 aromatic heterocycles. The van der Waals surface area contributed by atoms with Gasteiger partial charge in [0.25, 0.3) is 0 Å². The van der Waals surface area contributed by atoms with Gasteiger partial charge in [0.15, 0.2) is 0 Å². The van der Waals surface area contributed by atoms with Crippen LogP contribution in [0.5, 0.6) is 5.75 Å². The maximum Gasteiger partial charge on any atom is 0.119 e. The molecule has 2 fully saturated rings. The Balaban J connectivity index is 1.16. The maximum absolute atomic E-state index is 6.14. The molecule has 0 radical (unpaired) electrons. The van der Waals surface area contributed by atoms with Crippen LogP contribution in [-0.4, -0.2) is 6.61 Å². The molecule has 1 nitrogen and oxygen atoms in total. The van der Waals surface area contributed by atoms with Crippen LogP contribution in [0.15, 0.2) is 49.1 Å². The molecule has 0 N–H and O–H groups in total. The van der Waals surface area contributed by atoms with Gasteiger partial charge in [0, 0.05) is 0 Å². The Kier molecular flexibility index (Phi) is 8.34. The number of hydrogen-bond donors (Lipinski definition) is 0. The van der Waals surface area contributed by atoms with E-state index < -0.39 is 0 Å². The minimum absolute atomic E-state index is 0.737. The van der Waals surface area contributed by atoms with Crippen molar-refractivity contribution in [2.75, 3.05) is 6.61 Å². The summed E-state index contributed by atoms with van der Waals surface area (Å²) in [5.74, 6) is 6.38. The van der Waals surface area contributed by atoms with E-state index in [1.165, 1.54) is 69.8 Å². The zero-order chi connectivity index (χ0) is 21.5. The molecule has 0 bridgehead atoms. The van der Waals surface area contributed by atoms with Gasteiger partial charge in [0.1, 0.15) is 5.75 Å². The predicted molar refractivity (Wildman–Crippen MR) is 132 cm³/mol. The lowest BCUT2D eigenvalue weighted by atomic mass is 9.68. The molecule has 0 spiro atoms. The van der Waals surface area contributed by atoms with Crippen molar-refractivity contribution in [1.82, 2.24) is 0 Å². The summed E-state index contributed by atoms with van der Waals surface area (Å²) in [6, 6.07) is 8.68. The molecule has 4 rings (SSSR count). The lowest BCUT2D eigenvalue weighted by Gasteiger charge is -2.38. The first-order chi connectivity index (χ1) is 15.2. The van der Waals surface area contributed by atoms with Crippen molar-refractivity contribution in [1.29, 1.82) is 0 Å². The monoisotopic (exact) mass is 420 g/mol. The third-order valence-corrected chi connectivity index (χ3v) is 8.65. The molecule has 3 aliphatic rings. The van der Waals surface area contributed by atoms with Crippen LogP contribution >= 0.6 is 0 Å². The quantitative estimate of drug-likeness (QED) is 0.384. The van der Waals surface area contributed by atoms with Crippen molar-refractivity contribution < 1.29 is 4.74 Å². The van der Waals surface area contributed by atoms with Crippen LogP contribution in [0.2, 0.25) is 0 Å². The lowest BCUT2D eigenvalue weighted by Crippen LogP contribution is -2.27. The van der Waals surface area contributed by atoms with Crippen molar-refractivity contribution in [3.63, 3.8) is 0 Å². The molecule has 0 saturated heterocycles. The second-order valence-electron chi connectivity index (χ2n) is 10.9. The van der Waals surface area contributed by atoms with E-state index in [1.54, 1.807) is 0 Å². The van der Waals surface area contributed by atoms with E-state index in [4.69, 9.17) is 4.74 Å². The minimum atomic E-state index is 0.737. The minimum Gasteiger partial charge on any atom is -0.493 e. The summed E-state index contributed by atoms with van der Waals surface area (Å²) in [6.07, 6.45) is 23.6. The molecule has 2 unspecified atom stereocenters. The molecule has 2 atom stereocenters. The molecule has 2 saturated carbocycles. The van der Waals surface area contributed by atoms with Gasteiger partial charge in [-0.25, -0.2) is 0 Å². The van der Waals surface area contributed by atoms with Crippen LogP contribution in [0.4, 0.5) is 0 Å². The second kappa shape index (κ2) is 11.4. The SMILES string of the molecule is C=CCCc1ccc(OCC2CCC(C3C=CC(C4CCC(C)CC4)CC3)CC2)cc1. The Morgan fingerprint density at radius 3 is 1.94 bits per heavy atom. The van der Waals surface area contributed by atoms with Crippen LogP contribution < -0.4 is 4.74 Å². The molecule has 1 aromatic rings. The van der Waals surface area contributed by atoms with Gasteiger partial charge in [-0.3, -0.25) is 0 Å². The lowest BCUT2D eigenvalue weighted by molar-refractivity contribution is 0.152. The van der Waals surface area contributed by atoms with Gasteiger partial charge < -0.3 is 4.74 Å². The summed E-state index contributed by atoms with van der Waals surface area (Å²) < 4.78 is 6.14. The summed E-state index contributed by atoms with van der Waals surface area (Å²) >= 11 is 0. The normalized spacial score (nSPS) is 33.7. The molecule has 31 heavy (non-hydrogen) atoms. The summed E-state index contributed by atoms with van der Waals surface area (Å²) in [4.78, 5) is 0. The van der Waals surface area contributed by atoms with E-state index in [9.17, 15) is 0 Å². The number of benzene rings is 1. The number of rotatable bonds is 8. The third-order valence-electron chi connectivity index (χ3n) is 8.65. The fourth-order valence-electron chi connectivity index (χ4n) is 6.38. The van der Waals surface area contributed by atoms with Crippen LogP contribution in [0.3, 0.4) is 0 Å². The zero-order valence-electron chi connectivity index (χ0n) is 19.8. The summed E-state index contributed by atoms with van der Waals surface area (Å²) in [7, 11) is 0. The van der Waals surface area contributed by atoms with Crippen molar-refractivity contribution in [2.45, 2.75) is 84.0 Å². The van der Waals surface area contributed by atoms with Gasteiger partial charge in [0.2, 0.25) is 0 Å². The van der Waals surface area contributed by atoms with E-state index in [-0.39, 0.29) is 0 Å². The van der Waals surface area contributed by atoms with Gasteiger partial charge in [-0.1, -0.05) is 50.1 Å². The summed E-state index contributed by atoms with van der Waals surface area (Å²) in [5, 5.41) is 0. The average Bonchev–Trinajstić information content (AvgIpc) is 2.83. The van der Waals surface area contributed by atoms with Crippen LogP contribution in [-0.2, 0) is 6.42 Å². The summed E-state index contributed by atoms with van der Waals surface area (Å²) in [5.41, 5.74) is 1.37. The fourth-order valence-corrected chi connectivity index (χ4v) is 6.38. The number of allylic oxidation sites excluding steroid dienone is 3. The van der Waals surface area contributed by atoms with Gasteiger partial charge in [-0.15, -0.1) is 6.58 Å². The van der Waals surface area contributed by atoms with E-state index >= 15 is 0 Å². The van der Waals surface area contributed by atoms with E-state index in [1.807, 2.05) is 6.08 Å². The van der Waals surface area contributed by atoms with Crippen molar-refractivity contribution in [3.8, 4) is 5.75 Å². The zero-order valence-corrected chi connectivity index (χ0v) is 19.8. The smallest absolute Gasteiger partial charge is 0.119 e. The fraction of sp³-hybridized carbons (Fsp3) is 0.667. The van der Waals surface area contributed by atoms with Gasteiger partial charge in [0.05, 0.1) is 6.61 Å². The Morgan fingerprint density at radius 2 is 1.39 bits per heavy atom. The van der Waals surface area contributed by atoms with Crippen molar-refractivity contribution in [2.24, 2.45) is 35.5 Å². The number of hydrogen-bond acceptors (Lipinski definition) is 1. The highest BCUT2D eigenvalue weighted by Gasteiger charge is 2.31.